The van der Waals surface area contributed by atoms with Crippen molar-refractivity contribution < 1.29 is 28.5 Å². The molecule has 0 aliphatic carbocycles. The van der Waals surface area contributed by atoms with Crippen LogP contribution in [0.5, 0.6) is 29.3 Å². The highest BCUT2D eigenvalue weighted by Gasteiger charge is 2.21. The lowest BCUT2D eigenvalue weighted by molar-refractivity contribution is 0.0465. The maximum Gasteiger partial charge on any atom is 0.343 e. The summed E-state index contributed by atoms with van der Waals surface area (Å²) < 4.78 is 26.8. The van der Waals surface area contributed by atoms with Gasteiger partial charge in [-0.15, -0.1) is 11.8 Å². The molecule has 9 heteroatoms. The van der Waals surface area contributed by atoms with Crippen molar-refractivity contribution in [3.8, 4) is 29.3 Å². The van der Waals surface area contributed by atoms with Gasteiger partial charge in [0.1, 0.15) is 23.7 Å². The van der Waals surface area contributed by atoms with Gasteiger partial charge >= 0.3 is 12.0 Å². The average Bonchev–Trinajstić information content (AvgIpc) is 2.82. The van der Waals surface area contributed by atoms with Gasteiger partial charge in [-0.3, -0.25) is 0 Å². The van der Waals surface area contributed by atoms with E-state index in [2.05, 4.69) is 9.97 Å². The van der Waals surface area contributed by atoms with Gasteiger partial charge in [-0.1, -0.05) is 18.2 Å². The molecule has 0 saturated heterocycles. The minimum Gasteiger partial charge on any atom is -0.497 e. The Morgan fingerprint density at radius 1 is 0.935 bits per heavy atom. The quantitative estimate of drug-likeness (QED) is 0.354. The largest absolute Gasteiger partial charge is 0.497 e. The number of thioether (sulfide) groups is 1. The van der Waals surface area contributed by atoms with Crippen LogP contribution in [0.3, 0.4) is 0 Å². The molecule has 0 spiro atoms. The first-order valence-corrected chi connectivity index (χ1v) is 10.4. The lowest BCUT2D eigenvalue weighted by atomic mass is 10.2. The summed E-state index contributed by atoms with van der Waals surface area (Å²) >= 11 is 1.40. The number of esters is 1. The van der Waals surface area contributed by atoms with Crippen LogP contribution in [0.1, 0.15) is 15.9 Å². The molecule has 0 radical (unpaired) electrons. The molecule has 162 valence electrons. The molecular formula is C22H22N2O6S. The lowest BCUT2D eigenvalue weighted by Crippen LogP contribution is -2.09. The summed E-state index contributed by atoms with van der Waals surface area (Å²) in [6.45, 7) is 0.106. The average molecular weight is 442 g/mol. The standard InChI is InChI=1S/C22H22N2O6S/c1-26-15-10-8-14(9-11-15)13-29-21(25)20-16(6-5-7-17(20)31-4)30-22-23-18(27-2)12-19(24-22)28-3/h5-12H,13H2,1-4H3. The van der Waals surface area contributed by atoms with Crippen molar-refractivity contribution in [3.63, 3.8) is 0 Å². The van der Waals surface area contributed by atoms with Crippen molar-refractivity contribution in [2.24, 2.45) is 0 Å². The number of nitrogens with zero attached hydrogens (tertiary/aromatic N) is 2. The predicted octanol–water partition coefficient (Wildman–Crippen LogP) is 4.37. The third-order valence-electron chi connectivity index (χ3n) is 4.22. The molecule has 0 amide bonds. The number of benzene rings is 2. The third-order valence-corrected chi connectivity index (χ3v) is 5.00. The Bertz CT molecular complexity index is 1020. The molecule has 8 nitrogen and oxygen atoms in total. The molecule has 0 N–H and O–H groups in total. The van der Waals surface area contributed by atoms with E-state index in [4.69, 9.17) is 23.7 Å². The van der Waals surface area contributed by atoms with Gasteiger partial charge in [-0.05, 0) is 36.1 Å². The summed E-state index contributed by atoms with van der Waals surface area (Å²) in [6, 6.07) is 14.0. The Hall–Kier alpha value is -3.46. The molecule has 0 saturated carbocycles. The SMILES string of the molecule is COc1ccc(COC(=O)c2c(Oc3nc(OC)cc(OC)n3)cccc2SC)cc1. The number of hydrogen-bond acceptors (Lipinski definition) is 9. The van der Waals surface area contributed by atoms with E-state index in [1.807, 2.05) is 24.5 Å². The summed E-state index contributed by atoms with van der Waals surface area (Å²) in [6.07, 6.45) is 1.87. The molecule has 0 unspecified atom stereocenters. The minimum atomic E-state index is -0.523. The number of aromatic nitrogens is 2. The smallest absolute Gasteiger partial charge is 0.343 e. The van der Waals surface area contributed by atoms with Crippen LogP contribution in [0.2, 0.25) is 0 Å². The summed E-state index contributed by atoms with van der Waals surface area (Å²) in [5.41, 5.74) is 1.12. The van der Waals surface area contributed by atoms with Gasteiger partial charge in [0.25, 0.3) is 0 Å². The van der Waals surface area contributed by atoms with Crippen molar-refractivity contribution >= 4 is 17.7 Å². The molecule has 3 rings (SSSR count). The molecule has 1 aromatic heterocycles. The van der Waals surface area contributed by atoms with E-state index in [9.17, 15) is 4.79 Å². The first kappa shape index (κ1) is 22.2. The van der Waals surface area contributed by atoms with Crippen molar-refractivity contribution in [2.45, 2.75) is 11.5 Å². The predicted molar refractivity (Wildman–Crippen MR) is 116 cm³/mol. The van der Waals surface area contributed by atoms with Crippen LogP contribution in [0.25, 0.3) is 0 Å². The molecule has 0 fully saturated rings. The molecule has 0 atom stereocenters. The van der Waals surface area contributed by atoms with Gasteiger partial charge in [-0.2, -0.15) is 9.97 Å². The van der Waals surface area contributed by atoms with E-state index < -0.39 is 5.97 Å². The fourth-order valence-corrected chi connectivity index (χ4v) is 3.25. The van der Waals surface area contributed by atoms with Gasteiger partial charge < -0.3 is 23.7 Å². The zero-order valence-corrected chi connectivity index (χ0v) is 18.4. The highest BCUT2D eigenvalue weighted by atomic mass is 32.2. The molecule has 0 aliphatic rings. The molecular weight excluding hydrogens is 420 g/mol. The molecule has 31 heavy (non-hydrogen) atoms. The van der Waals surface area contributed by atoms with E-state index in [1.165, 1.54) is 32.0 Å². The number of carbonyl (C=O) groups excluding carboxylic acids is 1. The summed E-state index contributed by atoms with van der Waals surface area (Å²) in [4.78, 5) is 22.0. The highest BCUT2D eigenvalue weighted by molar-refractivity contribution is 7.98. The fraction of sp³-hybridized carbons (Fsp3) is 0.227. The third kappa shape index (κ3) is 5.58. The van der Waals surface area contributed by atoms with E-state index in [0.717, 1.165) is 11.3 Å². The van der Waals surface area contributed by atoms with Crippen LogP contribution in [0, 0.1) is 0 Å². The highest BCUT2D eigenvalue weighted by Crippen LogP contribution is 2.33. The maximum absolute atomic E-state index is 12.9. The zero-order chi connectivity index (χ0) is 22.2. The van der Waals surface area contributed by atoms with Crippen molar-refractivity contribution in [3.05, 3.63) is 59.7 Å². The molecule has 0 aliphatic heterocycles. The van der Waals surface area contributed by atoms with Crippen LogP contribution in [0.4, 0.5) is 0 Å². The number of carbonyl (C=O) groups is 1. The Morgan fingerprint density at radius 3 is 2.19 bits per heavy atom. The Balaban J connectivity index is 1.85. The lowest BCUT2D eigenvalue weighted by Gasteiger charge is -2.14. The Morgan fingerprint density at radius 2 is 1.61 bits per heavy atom. The molecule has 0 bridgehead atoms. The van der Waals surface area contributed by atoms with Gasteiger partial charge in [0, 0.05) is 4.90 Å². The van der Waals surface area contributed by atoms with Gasteiger partial charge in [0.15, 0.2) is 0 Å². The summed E-state index contributed by atoms with van der Waals surface area (Å²) in [5.74, 6) is 1.01. The monoisotopic (exact) mass is 442 g/mol. The zero-order valence-electron chi connectivity index (χ0n) is 17.6. The van der Waals surface area contributed by atoms with Gasteiger partial charge in [-0.25, -0.2) is 4.79 Å². The number of ether oxygens (including phenoxy) is 5. The second kappa shape index (κ2) is 10.5. The first-order chi connectivity index (χ1) is 15.1. The number of rotatable bonds is 9. The Kier molecular flexibility index (Phi) is 7.55. The van der Waals surface area contributed by atoms with Gasteiger partial charge in [0.05, 0.1) is 27.4 Å². The van der Waals surface area contributed by atoms with E-state index >= 15 is 0 Å². The van der Waals surface area contributed by atoms with Gasteiger partial charge in [0.2, 0.25) is 11.8 Å². The topological polar surface area (TPSA) is 89.0 Å². The van der Waals surface area contributed by atoms with Crippen molar-refractivity contribution in [2.75, 3.05) is 27.6 Å². The first-order valence-electron chi connectivity index (χ1n) is 9.20. The van der Waals surface area contributed by atoms with Crippen molar-refractivity contribution in [1.29, 1.82) is 0 Å². The van der Waals surface area contributed by atoms with Crippen molar-refractivity contribution in [1.82, 2.24) is 9.97 Å². The second-order valence-corrected chi connectivity index (χ2v) is 6.94. The minimum absolute atomic E-state index is 0.0151. The normalized spacial score (nSPS) is 10.3. The second-order valence-electron chi connectivity index (χ2n) is 6.09. The van der Waals surface area contributed by atoms with Crippen LogP contribution in [-0.4, -0.2) is 43.5 Å². The van der Waals surface area contributed by atoms with E-state index in [-0.39, 0.29) is 35.7 Å². The molecule has 2 aromatic carbocycles. The van der Waals surface area contributed by atoms with Crippen LogP contribution in [-0.2, 0) is 11.3 Å². The fourth-order valence-electron chi connectivity index (χ4n) is 2.65. The summed E-state index contributed by atoms with van der Waals surface area (Å²) in [7, 11) is 4.54. The van der Waals surface area contributed by atoms with Crippen LogP contribution in [0.15, 0.2) is 53.4 Å². The van der Waals surface area contributed by atoms with Crippen LogP contribution >= 0.6 is 11.8 Å². The summed E-state index contributed by atoms with van der Waals surface area (Å²) in [5, 5.41) is 0. The van der Waals surface area contributed by atoms with Crippen LogP contribution < -0.4 is 18.9 Å². The Labute approximate surface area is 184 Å². The molecule has 3 aromatic rings. The van der Waals surface area contributed by atoms with E-state index in [1.54, 1.807) is 31.4 Å². The maximum atomic E-state index is 12.9. The van der Waals surface area contributed by atoms with E-state index in [0.29, 0.717) is 4.90 Å². The molecule has 1 heterocycles. The number of methoxy groups -OCH3 is 3. The number of hydrogen-bond donors (Lipinski definition) is 0.